The molecule has 1 aliphatic rings. The number of rotatable bonds is 1. The minimum Gasteiger partial charge on any atom is -0.335 e. The van der Waals surface area contributed by atoms with E-state index in [1.54, 1.807) is 18.3 Å². The summed E-state index contributed by atoms with van der Waals surface area (Å²) in [6.07, 6.45) is 2.76. The second-order valence-electron chi connectivity index (χ2n) is 5.38. The smallest absolute Gasteiger partial charge is 0.254 e. The van der Waals surface area contributed by atoms with Crippen LogP contribution in [0.1, 0.15) is 37.6 Å². The molecule has 0 spiro atoms. The molecule has 0 N–H and O–H groups in total. The van der Waals surface area contributed by atoms with Crippen molar-refractivity contribution in [2.24, 2.45) is 11.8 Å². The van der Waals surface area contributed by atoms with Gasteiger partial charge in [0.1, 0.15) is 5.15 Å². The molecule has 0 saturated carbocycles. The van der Waals surface area contributed by atoms with Crippen molar-refractivity contribution in [2.75, 3.05) is 6.54 Å². The summed E-state index contributed by atoms with van der Waals surface area (Å²) in [5, 5.41) is 0.367. The maximum Gasteiger partial charge on any atom is 0.254 e. The van der Waals surface area contributed by atoms with E-state index in [4.69, 9.17) is 11.6 Å². The fourth-order valence-electron chi connectivity index (χ4n) is 2.68. The number of carbonyl (C=O) groups is 1. The highest BCUT2D eigenvalue weighted by molar-refractivity contribution is 6.29. The lowest BCUT2D eigenvalue weighted by molar-refractivity contribution is 0.0455. The molecule has 0 bridgehead atoms. The van der Waals surface area contributed by atoms with E-state index in [-0.39, 0.29) is 11.9 Å². The molecule has 1 saturated heterocycles. The first kappa shape index (κ1) is 13.3. The zero-order valence-electron chi connectivity index (χ0n) is 11.1. The number of halogens is 1. The molecule has 3 nitrogen and oxygen atoms in total. The number of nitrogens with zero attached hydrogens (tertiary/aromatic N) is 2. The summed E-state index contributed by atoms with van der Waals surface area (Å²) < 4.78 is 0. The average molecular weight is 267 g/mol. The summed E-state index contributed by atoms with van der Waals surface area (Å²) in [5.41, 5.74) is 0.628. The van der Waals surface area contributed by atoms with Crippen LogP contribution in [0, 0.1) is 11.8 Å². The largest absolute Gasteiger partial charge is 0.335 e. The molecule has 0 aliphatic carbocycles. The van der Waals surface area contributed by atoms with Crippen LogP contribution in [-0.2, 0) is 0 Å². The van der Waals surface area contributed by atoms with Gasteiger partial charge in [0.2, 0.25) is 0 Å². The summed E-state index contributed by atoms with van der Waals surface area (Å²) in [6, 6.07) is 3.64. The van der Waals surface area contributed by atoms with Gasteiger partial charge in [-0.2, -0.15) is 0 Å². The first-order valence-electron chi connectivity index (χ1n) is 6.41. The van der Waals surface area contributed by atoms with Gasteiger partial charge in [0.25, 0.3) is 5.91 Å². The number of hydrogen-bond acceptors (Lipinski definition) is 2. The van der Waals surface area contributed by atoms with Gasteiger partial charge in [-0.3, -0.25) is 4.79 Å². The molecule has 2 rings (SSSR count). The molecule has 4 heteroatoms. The predicted octanol–water partition coefficient (Wildman–Crippen LogP) is 3.24. The van der Waals surface area contributed by atoms with Crippen LogP contribution in [0.25, 0.3) is 0 Å². The zero-order valence-corrected chi connectivity index (χ0v) is 11.8. The third-order valence-electron chi connectivity index (χ3n) is 3.83. The highest BCUT2D eigenvalue weighted by Gasteiger charge is 2.32. The van der Waals surface area contributed by atoms with Gasteiger partial charge in [0, 0.05) is 24.3 Å². The molecule has 3 atom stereocenters. The van der Waals surface area contributed by atoms with Crippen LogP contribution < -0.4 is 0 Å². The van der Waals surface area contributed by atoms with Crippen LogP contribution in [-0.4, -0.2) is 28.4 Å². The van der Waals surface area contributed by atoms with E-state index < -0.39 is 0 Å². The normalized spacial score (nSPS) is 28.2. The summed E-state index contributed by atoms with van der Waals surface area (Å²) in [7, 11) is 0. The number of hydrogen-bond donors (Lipinski definition) is 0. The van der Waals surface area contributed by atoms with Crippen LogP contribution in [0.15, 0.2) is 18.3 Å². The minimum atomic E-state index is 0.0604. The van der Waals surface area contributed by atoms with Gasteiger partial charge >= 0.3 is 0 Å². The molecule has 1 aromatic rings. The quantitative estimate of drug-likeness (QED) is 0.731. The van der Waals surface area contributed by atoms with E-state index in [1.165, 1.54) is 6.42 Å². The topological polar surface area (TPSA) is 33.2 Å². The molecule has 0 aromatic carbocycles. The Balaban J connectivity index is 2.22. The minimum absolute atomic E-state index is 0.0604. The van der Waals surface area contributed by atoms with Crippen molar-refractivity contribution in [3.05, 3.63) is 29.0 Å². The monoisotopic (exact) mass is 266 g/mol. The molecule has 18 heavy (non-hydrogen) atoms. The van der Waals surface area contributed by atoms with Gasteiger partial charge in [-0.25, -0.2) is 4.98 Å². The SMILES string of the molecule is CC1CC(C)C(C)N(C(=O)c2ccnc(Cl)c2)C1. The number of aromatic nitrogens is 1. The Hall–Kier alpha value is -1.09. The van der Waals surface area contributed by atoms with E-state index in [2.05, 4.69) is 25.8 Å². The molecule has 1 aromatic heterocycles. The van der Waals surface area contributed by atoms with Gasteiger partial charge in [-0.1, -0.05) is 25.4 Å². The Labute approximate surface area is 113 Å². The van der Waals surface area contributed by atoms with Crippen molar-refractivity contribution in [1.29, 1.82) is 0 Å². The molecule has 0 radical (unpaired) electrons. The standard InChI is InChI=1S/C14H19ClN2O/c1-9-6-10(2)11(3)17(8-9)14(18)12-4-5-16-13(15)7-12/h4-5,7,9-11H,6,8H2,1-3H3. The van der Waals surface area contributed by atoms with Crippen molar-refractivity contribution >= 4 is 17.5 Å². The Morgan fingerprint density at radius 2 is 2.17 bits per heavy atom. The second kappa shape index (κ2) is 5.27. The third kappa shape index (κ3) is 2.66. The Morgan fingerprint density at radius 1 is 1.44 bits per heavy atom. The van der Waals surface area contributed by atoms with Crippen molar-refractivity contribution in [3.63, 3.8) is 0 Å². The summed E-state index contributed by atoms with van der Waals surface area (Å²) in [4.78, 5) is 18.4. The number of amides is 1. The lowest BCUT2D eigenvalue weighted by atomic mass is 9.85. The number of pyridine rings is 1. The first-order valence-corrected chi connectivity index (χ1v) is 6.79. The van der Waals surface area contributed by atoms with Crippen molar-refractivity contribution in [3.8, 4) is 0 Å². The van der Waals surface area contributed by atoms with Gasteiger partial charge < -0.3 is 4.90 Å². The lowest BCUT2D eigenvalue weighted by Gasteiger charge is -2.41. The highest BCUT2D eigenvalue weighted by atomic mass is 35.5. The maximum absolute atomic E-state index is 12.5. The van der Waals surface area contributed by atoms with E-state index in [0.29, 0.717) is 22.6 Å². The van der Waals surface area contributed by atoms with Gasteiger partial charge in [-0.05, 0) is 37.3 Å². The van der Waals surface area contributed by atoms with Gasteiger partial charge in [0.15, 0.2) is 0 Å². The molecule has 1 fully saturated rings. The molecule has 1 aliphatic heterocycles. The Kier molecular flexibility index (Phi) is 3.91. The van der Waals surface area contributed by atoms with Crippen molar-refractivity contribution in [1.82, 2.24) is 9.88 Å². The molecular formula is C14H19ClN2O. The zero-order chi connectivity index (χ0) is 13.3. The number of piperidine rings is 1. The molecule has 3 unspecified atom stereocenters. The highest BCUT2D eigenvalue weighted by Crippen LogP contribution is 2.28. The van der Waals surface area contributed by atoms with Gasteiger partial charge in [0.05, 0.1) is 0 Å². The number of carbonyl (C=O) groups excluding carboxylic acids is 1. The Morgan fingerprint density at radius 3 is 2.83 bits per heavy atom. The fourth-order valence-corrected chi connectivity index (χ4v) is 2.86. The van der Waals surface area contributed by atoms with Crippen LogP contribution in [0.4, 0.5) is 0 Å². The maximum atomic E-state index is 12.5. The summed E-state index contributed by atoms with van der Waals surface area (Å²) >= 11 is 5.84. The van der Waals surface area contributed by atoms with E-state index in [9.17, 15) is 4.79 Å². The van der Waals surface area contributed by atoms with Crippen LogP contribution in [0.3, 0.4) is 0 Å². The summed E-state index contributed by atoms with van der Waals surface area (Å²) in [6.45, 7) is 7.35. The van der Waals surface area contributed by atoms with Crippen molar-refractivity contribution in [2.45, 2.75) is 33.2 Å². The van der Waals surface area contributed by atoms with E-state index >= 15 is 0 Å². The molecule has 98 valence electrons. The molecule has 1 amide bonds. The van der Waals surface area contributed by atoms with E-state index in [1.807, 2.05) is 4.90 Å². The van der Waals surface area contributed by atoms with Crippen LogP contribution in [0.5, 0.6) is 0 Å². The average Bonchev–Trinajstić information content (AvgIpc) is 2.33. The lowest BCUT2D eigenvalue weighted by Crippen LogP contribution is -2.48. The Bertz CT molecular complexity index is 449. The van der Waals surface area contributed by atoms with Gasteiger partial charge in [-0.15, -0.1) is 0 Å². The molecular weight excluding hydrogens is 248 g/mol. The first-order chi connectivity index (χ1) is 8.49. The summed E-state index contributed by atoms with van der Waals surface area (Å²) in [5.74, 6) is 1.15. The second-order valence-corrected chi connectivity index (χ2v) is 5.77. The van der Waals surface area contributed by atoms with Crippen LogP contribution in [0.2, 0.25) is 5.15 Å². The fraction of sp³-hybridized carbons (Fsp3) is 0.571. The van der Waals surface area contributed by atoms with E-state index in [0.717, 1.165) is 6.54 Å². The number of likely N-dealkylation sites (tertiary alicyclic amines) is 1. The van der Waals surface area contributed by atoms with Crippen LogP contribution >= 0.6 is 11.6 Å². The molecule has 2 heterocycles. The predicted molar refractivity (Wildman–Crippen MR) is 72.7 cm³/mol. The van der Waals surface area contributed by atoms with Crippen molar-refractivity contribution < 1.29 is 4.79 Å². The third-order valence-corrected chi connectivity index (χ3v) is 4.04.